The molecular formula is C23H25N7O4. The largest absolute Gasteiger partial charge is 0.387 e. The summed E-state index contributed by atoms with van der Waals surface area (Å²) in [5, 5.41) is 14.8. The Morgan fingerprint density at radius 2 is 2.21 bits per heavy atom. The number of aromatic nitrogens is 2. The van der Waals surface area contributed by atoms with Crippen LogP contribution in [0.3, 0.4) is 0 Å². The molecule has 2 aromatic heterocycles. The first-order valence-corrected chi connectivity index (χ1v) is 10.9. The molecule has 0 spiro atoms. The van der Waals surface area contributed by atoms with Crippen molar-refractivity contribution in [3.8, 4) is 6.07 Å². The number of nitrogens with zero attached hydrogens (tertiary/aromatic N) is 5. The number of likely N-dealkylation sites (tertiary alicyclic amines) is 1. The van der Waals surface area contributed by atoms with Gasteiger partial charge in [-0.05, 0) is 24.5 Å². The molecule has 0 radical (unpaired) electrons. The molecule has 176 valence electrons. The summed E-state index contributed by atoms with van der Waals surface area (Å²) in [4.78, 5) is 49.1. The highest BCUT2D eigenvalue weighted by molar-refractivity contribution is 6.01. The zero-order valence-electron chi connectivity index (χ0n) is 19.0. The summed E-state index contributed by atoms with van der Waals surface area (Å²) < 4.78 is 5.20. The lowest BCUT2D eigenvalue weighted by Crippen LogP contribution is -2.40. The first kappa shape index (κ1) is 23.1. The number of fused-ring (bicyclic) bond motifs is 1. The molecule has 11 heteroatoms. The molecule has 2 N–H and O–H groups in total. The highest BCUT2D eigenvalue weighted by atomic mass is 16.5. The van der Waals surface area contributed by atoms with E-state index in [1.165, 1.54) is 18.2 Å². The molecule has 0 aliphatic carbocycles. The summed E-state index contributed by atoms with van der Waals surface area (Å²) >= 11 is 0. The van der Waals surface area contributed by atoms with Gasteiger partial charge in [0.15, 0.2) is 6.29 Å². The molecule has 2 aromatic rings. The van der Waals surface area contributed by atoms with Crippen LogP contribution in [-0.4, -0.2) is 66.4 Å². The van der Waals surface area contributed by atoms with Gasteiger partial charge in [0.2, 0.25) is 0 Å². The van der Waals surface area contributed by atoms with Crippen LogP contribution in [0.2, 0.25) is 0 Å². The maximum absolute atomic E-state index is 13.1. The number of hydrogen-bond donors (Lipinski definition) is 2. The zero-order chi connectivity index (χ0) is 24.2. The first-order valence-electron chi connectivity index (χ1n) is 10.9. The Morgan fingerprint density at radius 1 is 1.38 bits per heavy atom. The highest BCUT2D eigenvalue weighted by Gasteiger charge is 2.33. The highest BCUT2D eigenvalue weighted by Crippen LogP contribution is 2.29. The van der Waals surface area contributed by atoms with E-state index in [9.17, 15) is 14.4 Å². The summed E-state index contributed by atoms with van der Waals surface area (Å²) in [6.45, 7) is 1.24. The third-order valence-corrected chi connectivity index (χ3v) is 6.05. The number of urea groups is 1. The average Bonchev–Trinajstić information content (AvgIpc) is 3.21. The third kappa shape index (κ3) is 4.40. The maximum Gasteiger partial charge on any atom is 0.328 e. The standard InChI is InChI=1S/C23H25N7O4/c1-25-17-9-20(26-11-16(17)10-24)28-23(33)30-6-3-4-14-8-15(18(13-31)27-21(14)30)12-29-7-5-19(34-2)22(29)32/h8-9,11,13,19H,3-7,12H2,1-2H3,(H2,25,26,28,33). The average molecular weight is 463 g/mol. The molecule has 34 heavy (non-hydrogen) atoms. The number of methoxy groups -OCH3 is 1. The molecule has 0 aromatic carbocycles. The monoisotopic (exact) mass is 463 g/mol. The summed E-state index contributed by atoms with van der Waals surface area (Å²) in [6.07, 6.45) is 3.61. The summed E-state index contributed by atoms with van der Waals surface area (Å²) in [5.41, 5.74) is 2.59. The van der Waals surface area contributed by atoms with E-state index in [1.54, 1.807) is 18.0 Å². The molecule has 4 heterocycles. The van der Waals surface area contributed by atoms with Gasteiger partial charge in [-0.3, -0.25) is 19.8 Å². The number of pyridine rings is 2. The van der Waals surface area contributed by atoms with Gasteiger partial charge in [-0.15, -0.1) is 0 Å². The van der Waals surface area contributed by atoms with Gasteiger partial charge in [0.05, 0.1) is 11.3 Å². The van der Waals surface area contributed by atoms with Gasteiger partial charge in [-0.2, -0.15) is 5.26 Å². The second-order valence-electron chi connectivity index (χ2n) is 8.07. The van der Waals surface area contributed by atoms with Crippen molar-refractivity contribution in [2.24, 2.45) is 0 Å². The van der Waals surface area contributed by atoms with Crippen LogP contribution in [0.5, 0.6) is 0 Å². The quantitative estimate of drug-likeness (QED) is 0.619. The van der Waals surface area contributed by atoms with Crippen molar-refractivity contribution in [1.82, 2.24) is 14.9 Å². The van der Waals surface area contributed by atoms with Gasteiger partial charge >= 0.3 is 6.03 Å². The lowest BCUT2D eigenvalue weighted by molar-refractivity contribution is -0.136. The van der Waals surface area contributed by atoms with Gasteiger partial charge in [0, 0.05) is 58.0 Å². The third-order valence-electron chi connectivity index (χ3n) is 6.05. The summed E-state index contributed by atoms with van der Waals surface area (Å²) in [6, 6.07) is 5.04. The number of rotatable bonds is 6. The van der Waals surface area contributed by atoms with E-state index in [0.29, 0.717) is 54.8 Å². The van der Waals surface area contributed by atoms with Crippen LogP contribution in [0.15, 0.2) is 18.3 Å². The van der Waals surface area contributed by atoms with Gasteiger partial charge < -0.3 is 15.0 Å². The topological polar surface area (TPSA) is 141 Å². The molecule has 1 fully saturated rings. The molecule has 3 amide bonds. The molecule has 1 saturated heterocycles. The molecule has 0 bridgehead atoms. The summed E-state index contributed by atoms with van der Waals surface area (Å²) in [7, 11) is 3.19. The minimum Gasteiger partial charge on any atom is -0.387 e. The SMILES string of the molecule is CNc1cc(NC(=O)N2CCCc3cc(CN4CCC(OC)C4=O)c(C=O)nc32)ncc1C#N. The first-order chi connectivity index (χ1) is 16.5. The van der Waals surface area contributed by atoms with Crippen LogP contribution in [0, 0.1) is 11.3 Å². The van der Waals surface area contributed by atoms with Crippen LogP contribution >= 0.6 is 0 Å². The molecule has 4 rings (SSSR count). The maximum atomic E-state index is 13.1. The summed E-state index contributed by atoms with van der Waals surface area (Å²) in [5.74, 6) is 0.599. The normalized spacial score (nSPS) is 17.2. The van der Waals surface area contributed by atoms with E-state index in [4.69, 9.17) is 10.00 Å². The van der Waals surface area contributed by atoms with Gasteiger partial charge in [-0.25, -0.2) is 14.8 Å². The van der Waals surface area contributed by atoms with Gasteiger partial charge in [-0.1, -0.05) is 0 Å². The van der Waals surface area contributed by atoms with E-state index in [0.717, 1.165) is 12.0 Å². The molecule has 0 saturated carbocycles. The zero-order valence-corrected chi connectivity index (χ0v) is 19.0. The molecule has 2 aliphatic rings. The van der Waals surface area contributed by atoms with Gasteiger partial charge in [0.1, 0.15) is 29.5 Å². The van der Waals surface area contributed by atoms with Crippen molar-refractivity contribution >= 4 is 35.5 Å². The molecule has 1 unspecified atom stereocenters. The van der Waals surface area contributed by atoms with Crippen molar-refractivity contribution < 1.29 is 19.1 Å². The second-order valence-corrected chi connectivity index (χ2v) is 8.07. The van der Waals surface area contributed by atoms with Crippen LogP contribution in [-0.2, 0) is 22.5 Å². The Hall–Kier alpha value is -4.04. The number of nitriles is 1. The number of amides is 3. The van der Waals surface area contributed by atoms with Crippen molar-refractivity contribution in [3.05, 3.63) is 40.7 Å². The van der Waals surface area contributed by atoms with Crippen molar-refractivity contribution in [2.75, 3.05) is 42.8 Å². The fourth-order valence-electron chi connectivity index (χ4n) is 4.27. The Balaban J connectivity index is 1.57. The Labute approximate surface area is 196 Å². The van der Waals surface area contributed by atoms with Gasteiger partial charge in [0.25, 0.3) is 5.91 Å². The smallest absolute Gasteiger partial charge is 0.328 e. The predicted molar refractivity (Wildman–Crippen MR) is 124 cm³/mol. The van der Waals surface area contributed by atoms with Crippen molar-refractivity contribution in [2.45, 2.75) is 31.9 Å². The minimum absolute atomic E-state index is 0.103. The van der Waals surface area contributed by atoms with E-state index < -0.39 is 12.1 Å². The minimum atomic E-state index is -0.455. The molecule has 1 atom stereocenters. The van der Waals surface area contributed by atoms with Crippen molar-refractivity contribution in [3.63, 3.8) is 0 Å². The number of hydrogen-bond acceptors (Lipinski definition) is 8. The second kappa shape index (κ2) is 9.84. The molecule has 2 aliphatic heterocycles. The number of carbonyl (C=O) groups excluding carboxylic acids is 3. The van der Waals surface area contributed by atoms with E-state index in [2.05, 4.69) is 20.6 Å². The Morgan fingerprint density at radius 3 is 2.88 bits per heavy atom. The van der Waals surface area contributed by atoms with Crippen LogP contribution in [0.1, 0.15) is 40.0 Å². The lowest BCUT2D eigenvalue weighted by atomic mass is 10.0. The number of aldehydes is 1. The lowest BCUT2D eigenvalue weighted by Gasteiger charge is -2.29. The van der Waals surface area contributed by atoms with Crippen LogP contribution in [0.25, 0.3) is 0 Å². The van der Waals surface area contributed by atoms with E-state index in [1.807, 2.05) is 12.1 Å². The predicted octanol–water partition coefficient (Wildman–Crippen LogP) is 1.93. The number of aryl methyl sites for hydroxylation is 1. The van der Waals surface area contributed by atoms with Crippen molar-refractivity contribution in [1.29, 1.82) is 5.26 Å². The number of nitrogens with one attached hydrogen (secondary N) is 2. The number of carbonyl (C=O) groups is 3. The fraction of sp³-hybridized carbons (Fsp3) is 0.391. The number of ether oxygens (including phenoxy) is 1. The number of anilines is 3. The van der Waals surface area contributed by atoms with Crippen LogP contribution in [0.4, 0.5) is 22.1 Å². The fourth-order valence-corrected chi connectivity index (χ4v) is 4.27. The van der Waals surface area contributed by atoms with E-state index >= 15 is 0 Å². The Kier molecular flexibility index (Phi) is 6.70. The van der Waals surface area contributed by atoms with E-state index in [-0.39, 0.29) is 24.0 Å². The molecular weight excluding hydrogens is 438 g/mol. The van der Waals surface area contributed by atoms with Crippen LogP contribution < -0.4 is 15.5 Å². The Bertz CT molecular complexity index is 1180. The molecule has 11 nitrogen and oxygen atoms in total.